The first-order chi connectivity index (χ1) is 9.16. The summed E-state index contributed by atoms with van der Waals surface area (Å²) in [6.07, 6.45) is 0. The number of hydrogen-bond acceptors (Lipinski definition) is 3. The Morgan fingerprint density at radius 1 is 1.42 bits per heavy atom. The third kappa shape index (κ3) is 4.01. The molecular formula is C14H20FN3O. The van der Waals surface area contributed by atoms with Crippen molar-refractivity contribution in [3.8, 4) is 0 Å². The van der Waals surface area contributed by atoms with Crippen molar-refractivity contribution in [2.45, 2.75) is 6.92 Å². The lowest BCUT2D eigenvalue weighted by molar-refractivity contribution is 0.0947. The van der Waals surface area contributed by atoms with Gasteiger partial charge < -0.3 is 10.6 Å². The van der Waals surface area contributed by atoms with Crippen LogP contribution in [0.3, 0.4) is 0 Å². The molecule has 0 aromatic heterocycles. The summed E-state index contributed by atoms with van der Waals surface area (Å²) in [6, 6.07) is 4.56. The second-order valence-electron chi connectivity index (χ2n) is 4.81. The van der Waals surface area contributed by atoms with Gasteiger partial charge >= 0.3 is 0 Å². The van der Waals surface area contributed by atoms with Crippen LogP contribution in [-0.2, 0) is 0 Å². The third-order valence-corrected chi connectivity index (χ3v) is 3.36. The van der Waals surface area contributed by atoms with Crippen molar-refractivity contribution in [1.29, 1.82) is 0 Å². The van der Waals surface area contributed by atoms with Crippen molar-refractivity contribution in [3.05, 3.63) is 35.1 Å². The van der Waals surface area contributed by atoms with E-state index in [-0.39, 0.29) is 11.7 Å². The Kier molecular flexibility index (Phi) is 4.87. The number of rotatable bonds is 4. The summed E-state index contributed by atoms with van der Waals surface area (Å²) in [4.78, 5) is 14.1. The zero-order chi connectivity index (χ0) is 13.7. The molecule has 0 aliphatic carbocycles. The van der Waals surface area contributed by atoms with Crippen LogP contribution in [0.1, 0.15) is 15.9 Å². The van der Waals surface area contributed by atoms with Crippen LogP contribution >= 0.6 is 0 Å². The fraction of sp³-hybridized carbons (Fsp3) is 0.500. The first kappa shape index (κ1) is 14.0. The van der Waals surface area contributed by atoms with Gasteiger partial charge in [0.1, 0.15) is 5.82 Å². The normalized spacial score (nSPS) is 16.3. The lowest BCUT2D eigenvalue weighted by atomic mass is 10.1. The lowest BCUT2D eigenvalue weighted by Crippen LogP contribution is -2.46. The second kappa shape index (κ2) is 6.63. The van der Waals surface area contributed by atoms with E-state index in [4.69, 9.17) is 0 Å². The first-order valence-corrected chi connectivity index (χ1v) is 6.64. The Morgan fingerprint density at radius 3 is 2.84 bits per heavy atom. The standard InChI is InChI=1S/C14H20FN3O/c1-11-2-3-12(10-13(11)15)14(19)17-6-9-18-7-4-16-5-8-18/h2-3,10,16H,4-9H2,1H3,(H,17,19). The van der Waals surface area contributed by atoms with Crippen LogP contribution in [0.25, 0.3) is 0 Å². The summed E-state index contributed by atoms with van der Waals surface area (Å²) < 4.78 is 13.4. The van der Waals surface area contributed by atoms with Gasteiger partial charge in [0.2, 0.25) is 0 Å². The van der Waals surface area contributed by atoms with Crippen molar-refractivity contribution in [3.63, 3.8) is 0 Å². The Hall–Kier alpha value is -1.46. The number of carbonyl (C=O) groups is 1. The van der Waals surface area contributed by atoms with E-state index < -0.39 is 0 Å². The highest BCUT2D eigenvalue weighted by molar-refractivity contribution is 5.94. The van der Waals surface area contributed by atoms with Gasteiger partial charge in [-0.1, -0.05) is 6.07 Å². The topological polar surface area (TPSA) is 44.4 Å². The molecule has 0 atom stereocenters. The molecule has 19 heavy (non-hydrogen) atoms. The van der Waals surface area contributed by atoms with Crippen molar-refractivity contribution in [2.75, 3.05) is 39.3 Å². The predicted molar refractivity (Wildman–Crippen MR) is 72.8 cm³/mol. The van der Waals surface area contributed by atoms with Crippen LogP contribution in [0.5, 0.6) is 0 Å². The van der Waals surface area contributed by atoms with Gasteiger partial charge in [-0.3, -0.25) is 9.69 Å². The molecule has 1 aliphatic heterocycles. The maximum atomic E-state index is 13.4. The minimum atomic E-state index is -0.338. The summed E-state index contributed by atoms with van der Waals surface area (Å²) >= 11 is 0. The molecule has 1 amide bonds. The fourth-order valence-corrected chi connectivity index (χ4v) is 2.10. The Morgan fingerprint density at radius 2 is 2.16 bits per heavy atom. The average molecular weight is 265 g/mol. The smallest absolute Gasteiger partial charge is 0.251 e. The highest BCUT2D eigenvalue weighted by atomic mass is 19.1. The van der Waals surface area contributed by atoms with Gasteiger partial charge in [0.15, 0.2) is 0 Å². The molecule has 0 bridgehead atoms. The van der Waals surface area contributed by atoms with E-state index >= 15 is 0 Å². The number of hydrogen-bond donors (Lipinski definition) is 2. The number of halogens is 1. The number of aryl methyl sites for hydroxylation is 1. The van der Waals surface area contributed by atoms with E-state index in [2.05, 4.69) is 15.5 Å². The maximum absolute atomic E-state index is 13.4. The van der Waals surface area contributed by atoms with Gasteiger partial charge in [0.25, 0.3) is 5.91 Å². The number of amides is 1. The van der Waals surface area contributed by atoms with Crippen LogP contribution in [0, 0.1) is 12.7 Å². The summed E-state index contributed by atoms with van der Waals surface area (Å²) in [5.41, 5.74) is 0.931. The number of nitrogens with zero attached hydrogens (tertiary/aromatic N) is 1. The zero-order valence-electron chi connectivity index (χ0n) is 11.2. The van der Waals surface area contributed by atoms with E-state index in [1.54, 1.807) is 19.1 Å². The molecule has 0 radical (unpaired) electrons. The van der Waals surface area contributed by atoms with Crippen molar-refractivity contribution >= 4 is 5.91 Å². The van der Waals surface area contributed by atoms with Crippen molar-refractivity contribution < 1.29 is 9.18 Å². The summed E-state index contributed by atoms with van der Waals surface area (Å²) in [7, 11) is 0. The molecule has 1 saturated heterocycles. The molecule has 0 saturated carbocycles. The minimum absolute atomic E-state index is 0.214. The molecule has 104 valence electrons. The number of benzene rings is 1. The van der Waals surface area contributed by atoms with Gasteiger partial charge in [0.05, 0.1) is 0 Å². The van der Waals surface area contributed by atoms with Crippen LogP contribution in [0.2, 0.25) is 0 Å². The van der Waals surface area contributed by atoms with Crippen LogP contribution in [0.4, 0.5) is 4.39 Å². The summed E-state index contributed by atoms with van der Waals surface area (Å²) in [5, 5.41) is 6.11. The zero-order valence-corrected chi connectivity index (χ0v) is 11.2. The van der Waals surface area contributed by atoms with Gasteiger partial charge in [-0.2, -0.15) is 0 Å². The molecular weight excluding hydrogens is 245 g/mol. The Balaban J connectivity index is 1.78. The highest BCUT2D eigenvalue weighted by Crippen LogP contribution is 2.08. The van der Waals surface area contributed by atoms with Crippen LogP contribution < -0.4 is 10.6 Å². The van der Waals surface area contributed by atoms with Crippen LogP contribution in [0.15, 0.2) is 18.2 Å². The van der Waals surface area contributed by atoms with E-state index in [1.165, 1.54) is 6.07 Å². The fourth-order valence-electron chi connectivity index (χ4n) is 2.10. The molecule has 1 aliphatic rings. The quantitative estimate of drug-likeness (QED) is 0.845. The molecule has 1 aromatic carbocycles. The molecule has 4 nitrogen and oxygen atoms in total. The predicted octanol–water partition coefficient (Wildman–Crippen LogP) is 0.769. The van der Waals surface area contributed by atoms with Crippen molar-refractivity contribution in [1.82, 2.24) is 15.5 Å². The maximum Gasteiger partial charge on any atom is 0.251 e. The van der Waals surface area contributed by atoms with Gasteiger partial charge in [0, 0.05) is 44.8 Å². The molecule has 1 aromatic rings. The number of piperazine rings is 1. The second-order valence-corrected chi connectivity index (χ2v) is 4.81. The number of nitrogens with one attached hydrogen (secondary N) is 2. The molecule has 2 rings (SSSR count). The molecule has 0 spiro atoms. The third-order valence-electron chi connectivity index (χ3n) is 3.36. The van der Waals surface area contributed by atoms with E-state index in [0.29, 0.717) is 17.7 Å². The van der Waals surface area contributed by atoms with Gasteiger partial charge in [-0.05, 0) is 24.6 Å². The average Bonchev–Trinajstić information content (AvgIpc) is 2.43. The summed E-state index contributed by atoms with van der Waals surface area (Å²) in [6.45, 7) is 7.12. The molecule has 2 N–H and O–H groups in total. The van der Waals surface area contributed by atoms with E-state index in [0.717, 1.165) is 32.7 Å². The van der Waals surface area contributed by atoms with Gasteiger partial charge in [-0.25, -0.2) is 4.39 Å². The molecule has 0 unspecified atom stereocenters. The van der Waals surface area contributed by atoms with Gasteiger partial charge in [-0.15, -0.1) is 0 Å². The lowest BCUT2D eigenvalue weighted by Gasteiger charge is -2.27. The summed E-state index contributed by atoms with van der Waals surface area (Å²) in [5.74, 6) is -0.552. The number of carbonyl (C=O) groups excluding carboxylic acids is 1. The van der Waals surface area contributed by atoms with E-state index in [1.807, 2.05) is 0 Å². The largest absolute Gasteiger partial charge is 0.351 e. The molecule has 5 heteroatoms. The molecule has 1 fully saturated rings. The minimum Gasteiger partial charge on any atom is -0.351 e. The SMILES string of the molecule is Cc1ccc(C(=O)NCCN2CCNCC2)cc1F. The first-order valence-electron chi connectivity index (χ1n) is 6.64. The molecule has 1 heterocycles. The highest BCUT2D eigenvalue weighted by Gasteiger charge is 2.11. The van der Waals surface area contributed by atoms with Crippen molar-refractivity contribution in [2.24, 2.45) is 0 Å². The van der Waals surface area contributed by atoms with E-state index in [9.17, 15) is 9.18 Å². The van der Waals surface area contributed by atoms with Crippen LogP contribution in [-0.4, -0.2) is 50.1 Å². The Bertz CT molecular complexity index is 444. The monoisotopic (exact) mass is 265 g/mol. The Labute approximate surface area is 113 Å².